The van der Waals surface area contributed by atoms with Crippen molar-refractivity contribution < 1.29 is 18.0 Å². The molecule has 2 rings (SSSR count). The minimum atomic E-state index is -4.56. The quantitative estimate of drug-likeness (QED) is 0.652. The minimum absolute atomic E-state index is 0.0198. The van der Waals surface area contributed by atoms with E-state index in [2.05, 4.69) is 0 Å². The first-order valence-corrected chi connectivity index (χ1v) is 6.84. The van der Waals surface area contributed by atoms with E-state index in [0.717, 1.165) is 25.3 Å². The van der Waals surface area contributed by atoms with Crippen molar-refractivity contribution in [3.05, 3.63) is 29.3 Å². The molecule has 4 nitrogen and oxygen atoms in total. The van der Waals surface area contributed by atoms with Crippen LogP contribution in [0.15, 0.2) is 18.2 Å². The summed E-state index contributed by atoms with van der Waals surface area (Å²) in [7, 11) is 0. The molecule has 1 aromatic rings. The van der Waals surface area contributed by atoms with Crippen molar-refractivity contribution in [1.82, 2.24) is 4.90 Å². The predicted octanol–water partition coefficient (Wildman–Crippen LogP) is 3.01. The molecule has 1 fully saturated rings. The molecule has 0 saturated carbocycles. The van der Waals surface area contributed by atoms with Crippen LogP contribution in [0.1, 0.15) is 42.1 Å². The summed E-state index contributed by atoms with van der Waals surface area (Å²) in [5, 5.41) is 0. The molecule has 116 valence electrons. The van der Waals surface area contributed by atoms with Crippen LogP contribution in [0.3, 0.4) is 0 Å². The molecule has 3 N–H and O–H groups in total. The maximum Gasteiger partial charge on any atom is 0.418 e. The van der Waals surface area contributed by atoms with Gasteiger partial charge in [-0.15, -0.1) is 0 Å². The molecule has 7 heteroatoms. The van der Waals surface area contributed by atoms with Crippen LogP contribution in [0.2, 0.25) is 0 Å². The number of hydrazine groups is 1. The number of nitrogen functional groups attached to an aromatic ring is 1. The van der Waals surface area contributed by atoms with Gasteiger partial charge >= 0.3 is 6.18 Å². The Morgan fingerprint density at radius 2 is 2.10 bits per heavy atom. The highest BCUT2D eigenvalue weighted by Crippen LogP contribution is 2.37. The lowest BCUT2D eigenvalue weighted by Gasteiger charge is -2.34. The summed E-state index contributed by atoms with van der Waals surface area (Å²) in [6.45, 7) is 2.46. The molecule has 1 aliphatic rings. The van der Waals surface area contributed by atoms with E-state index in [0.29, 0.717) is 6.54 Å². The summed E-state index contributed by atoms with van der Waals surface area (Å²) < 4.78 is 38.9. The number of piperidine rings is 1. The number of para-hydroxylation sites is 1. The van der Waals surface area contributed by atoms with Crippen molar-refractivity contribution in [1.29, 1.82) is 0 Å². The normalized spacial score (nSPS) is 19.5. The van der Waals surface area contributed by atoms with Crippen molar-refractivity contribution >= 4 is 11.6 Å². The van der Waals surface area contributed by atoms with Gasteiger partial charge in [0.05, 0.1) is 16.8 Å². The third kappa shape index (κ3) is 3.12. The van der Waals surface area contributed by atoms with Crippen LogP contribution in [0.4, 0.5) is 18.9 Å². The highest BCUT2D eigenvalue weighted by Gasteiger charge is 2.36. The molecule has 1 saturated heterocycles. The van der Waals surface area contributed by atoms with E-state index in [9.17, 15) is 18.0 Å². The van der Waals surface area contributed by atoms with Crippen LogP contribution in [-0.4, -0.2) is 23.4 Å². The topological polar surface area (TPSA) is 58.4 Å². The van der Waals surface area contributed by atoms with E-state index in [1.807, 2.05) is 12.3 Å². The summed E-state index contributed by atoms with van der Waals surface area (Å²) in [5.41, 5.74) is 0.700. The summed E-state index contributed by atoms with van der Waals surface area (Å²) in [4.78, 5) is 14.1. The van der Waals surface area contributed by atoms with Crippen LogP contribution >= 0.6 is 0 Å². The first-order valence-electron chi connectivity index (χ1n) is 6.84. The smallest absolute Gasteiger partial charge is 0.336 e. The van der Waals surface area contributed by atoms with Gasteiger partial charge in [0.25, 0.3) is 5.91 Å². The molecule has 1 aliphatic heterocycles. The number of amides is 1. The Labute approximate surface area is 121 Å². The molecular formula is C14H18F3N3O. The van der Waals surface area contributed by atoms with Crippen LogP contribution in [0.5, 0.6) is 0 Å². The van der Waals surface area contributed by atoms with E-state index in [1.165, 1.54) is 12.1 Å². The van der Waals surface area contributed by atoms with Crippen LogP contribution in [-0.2, 0) is 6.18 Å². The Hall–Kier alpha value is -1.76. The number of likely N-dealkylation sites (tertiary alicyclic amines) is 1. The third-order valence-electron chi connectivity index (χ3n) is 3.81. The van der Waals surface area contributed by atoms with Crippen molar-refractivity contribution in [2.24, 2.45) is 5.84 Å². The summed E-state index contributed by atoms with van der Waals surface area (Å²) in [5.74, 6) is 4.81. The predicted molar refractivity (Wildman–Crippen MR) is 73.6 cm³/mol. The zero-order valence-corrected chi connectivity index (χ0v) is 11.7. The van der Waals surface area contributed by atoms with Gasteiger partial charge in [-0.3, -0.25) is 10.6 Å². The van der Waals surface area contributed by atoms with E-state index in [-0.39, 0.29) is 17.3 Å². The fourth-order valence-corrected chi connectivity index (χ4v) is 2.68. The molecule has 0 radical (unpaired) electrons. The SMILES string of the molecule is CC1CCCCN1C(=O)c1cccc(C(F)(F)F)c1NN. The maximum atomic E-state index is 13.0. The molecular weight excluding hydrogens is 283 g/mol. The second kappa shape index (κ2) is 5.93. The maximum absolute atomic E-state index is 13.0. The van der Waals surface area contributed by atoms with Gasteiger partial charge in [-0.1, -0.05) is 6.07 Å². The molecule has 1 atom stereocenters. The molecule has 1 unspecified atom stereocenters. The Bertz CT molecular complexity index is 531. The summed E-state index contributed by atoms with van der Waals surface area (Å²) in [6.07, 6.45) is -1.82. The number of rotatable bonds is 2. The Morgan fingerprint density at radius 3 is 2.67 bits per heavy atom. The molecule has 1 amide bonds. The summed E-state index contributed by atoms with van der Waals surface area (Å²) in [6, 6.07) is 3.52. The van der Waals surface area contributed by atoms with Crippen molar-refractivity contribution in [3.8, 4) is 0 Å². The van der Waals surface area contributed by atoms with E-state index < -0.39 is 17.6 Å². The minimum Gasteiger partial charge on any atom is -0.336 e. The molecule has 0 spiro atoms. The number of halogens is 3. The number of hydrogen-bond donors (Lipinski definition) is 2. The molecule has 0 aliphatic carbocycles. The number of carbonyl (C=O) groups excluding carboxylic acids is 1. The van der Waals surface area contributed by atoms with Crippen LogP contribution in [0, 0.1) is 0 Å². The highest BCUT2D eigenvalue weighted by molar-refractivity contribution is 6.00. The second-order valence-electron chi connectivity index (χ2n) is 5.21. The fraction of sp³-hybridized carbons (Fsp3) is 0.500. The zero-order chi connectivity index (χ0) is 15.6. The average molecular weight is 301 g/mol. The van der Waals surface area contributed by atoms with Gasteiger partial charge in [0, 0.05) is 12.6 Å². The Morgan fingerprint density at radius 1 is 1.38 bits per heavy atom. The number of alkyl halides is 3. The van der Waals surface area contributed by atoms with Crippen LogP contribution in [0.25, 0.3) is 0 Å². The average Bonchev–Trinajstić information content (AvgIpc) is 2.45. The highest BCUT2D eigenvalue weighted by atomic mass is 19.4. The van der Waals surface area contributed by atoms with Gasteiger partial charge in [-0.2, -0.15) is 13.2 Å². The molecule has 0 aromatic heterocycles. The molecule has 21 heavy (non-hydrogen) atoms. The zero-order valence-electron chi connectivity index (χ0n) is 11.7. The first kappa shape index (κ1) is 15.6. The number of hydrogen-bond acceptors (Lipinski definition) is 3. The number of nitrogens with one attached hydrogen (secondary N) is 1. The van der Waals surface area contributed by atoms with Gasteiger partial charge in [-0.05, 0) is 38.3 Å². The monoisotopic (exact) mass is 301 g/mol. The number of carbonyl (C=O) groups is 1. The third-order valence-corrected chi connectivity index (χ3v) is 3.81. The van der Waals surface area contributed by atoms with Gasteiger partial charge in [0.15, 0.2) is 0 Å². The lowest BCUT2D eigenvalue weighted by Crippen LogP contribution is -2.42. The molecule has 1 heterocycles. The fourth-order valence-electron chi connectivity index (χ4n) is 2.68. The van der Waals surface area contributed by atoms with Gasteiger partial charge < -0.3 is 10.3 Å². The van der Waals surface area contributed by atoms with E-state index in [4.69, 9.17) is 5.84 Å². The number of nitrogens with two attached hydrogens (primary N) is 1. The van der Waals surface area contributed by atoms with Crippen LogP contribution < -0.4 is 11.3 Å². The lowest BCUT2D eigenvalue weighted by molar-refractivity contribution is -0.137. The van der Waals surface area contributed by atoms with Crippen molar-refractivity contribution in [3.63, 3.8) is 0 Å². The standard InChI is InChI=1S/C14H18F3N3O/c1-9-5-2-3-8-20(9)13(21)10-6-4-7-11(12(10)19-18)14(15,16)17/h4,6-7,9,19H,2-3,5,8,18H2,1H3. The number of anilines is 1. The van der Waals surface area contributed by atoms with E-state index >= 15 is 0 Å². The number of benzene rings is 1. The van der Waals surface area contributed by atoms with Gasteiger partial charge in [0.2, 0.25) is 0 Å². The first-order chi connectivity index (χ1) is 9.86. The van der Waals surface area contributed by atoms with E-state index in [1.54, 1.807) is 4.90 Å². The lowest BCUT2D eigenvalue weighted by atomic mass is 10.0. The Balaban J connectivity index is 2.41. The largest absolute Gasteiger partial charge is 0.418 e. The van der Waals surface area contributed by atoms with Gasteiger partial charge in [0.1, 0.15) is 0 Å². The van der Waals surface area contributed by atoms with Gasteiger partial charge in [-0.25, -0.2) is 0 Å². The summed E-state index contributed by atoms with van der Waals surface area (Å²) >= 11 is 0. The molecule has 1 aromatic carbocycles. The Kier molecular flexibility index (Phi) is 4.41. The number of nitrogens with zero attached hydrogens (tertiary/aromatic N) is 1. The van der Waals surface area contributed by atoms with Crippen molar-refractivity contribution in [2.45, 2.75) is 38.4 Å². The second-order valence-corrected chi connectivity index (χ2v) is 5.21. The van der Waals surface area contributed by atoms with Crippen molar-refractivity contribution in [2.75, 3.05) is 12.0 Å². The molecule has 0 bridgehead atoms.